The van der Waals surface area contributed by atoms with Crippen molar-refractivity contribution in [1.29, 1.82) is 0 Å². The van der Waals surface area contributed by atoms with E-state index in [4.69, 9.17) is 20.4 Å². The molecule has 0 saturated heterocycles. The molecule has 0 nitrogen and oxygen atoms in total. The van der Waals surface area contributed by atoms with Gasteiger partial charge in [-0.3, -0.25) is 0 Å². The summed E-state index contributed by atoms with van der Waals surface area (Å²) in [5.74, 6) is 0. The van der Waals surface area contributed by atoms with E-state index in [0.29, 0.717) is 20.6 Å². The summed E-state index contributed by atoms with van der Waals surface area (Å²) in [7, 11) is 9.79. The molecule has 3 fully saturated rings. The molecule has 0 radical (unpaired) electrons. The van der Waals surface area contributed by atoms with E-state index in [0.717, 1.165) is 0 Å². The van der Waals surface area contributed by atoms with Crippen LogP contribution in [0.3, 0.4) is 0 Å². The van der Waals surface area contributed by atoms with Crippen LogP contribution in [0, 0.1) is 6.92 Å². The van der Waals surface area contributed by atoms with Gasteiger partial charge in [-0.15, -0.1) is 0 Å². The fourth-order valence-corrected chi connectivity index (χ4v) is 10.2. The van der Waals surface area contributed by atoms with Crippen molar-refractivity contribution in [3.8, 4) is 0 Å². The third kappa shape index (κ3) is 10.3. The Hall–Kier alpha value is 0.724. The van der Waals surface area contributed by atoms with E-state index in [9.17, 15) is 0 Å². The molecule has 1 aromatic carbocycles. The minimum atomic E-state index is 0.385. The van der Waals surface area contributed by atoms with E-state index in [1.807, 2.05) is 18.2 Å². The van der Waals surface area contributed by atoms with Crippen molar-refractivity contribution < 1.29 is 12.7 Å². The van der Waals surface area contributed by atoms with Gasteiger partial charge in [-0.05, 0) is 62.4 Å². The summed E-state index contributed by atoms with van der Waals surface area (Å²) in [5.41, 5.74) is 4.89. The maximum atomic E-state index is 4.70. The zero-order valence-corrected chi connectivity index (χ0v) is 21.6. The molecule has 0 aliphatic heterocycles. The van der Waals surface area contributed by atoms with Gasteiger partial charge in [-0.25, -0.2) is 0 Å². The van der Waals surface area contributed by atoms with Gasteiger partial charge in [0.25, 0.3) is 0 Å². The average molecular weight is 502 g/mol. The molecule has 0 heterocycles. The molecule has 4 rings (SSSR count). The second-order valence-corrected chi connectivity index (χ2v) is 13.7. The molecule has 29 heavy (non-hydrogen) atoms. The Morgan fingerprint density at radius 3 is 1.17 bits per heavy atom. The molecule has 3 aliphatic carbocycles. The van der Waals surface area contributed by atoms with E-state index >= 15 is 0 Å². The van der Waals surface area contributed by atoms with Crippen molar-refractivity contribution in [2.45, 2.75) is 120 Å². The van der Waals surface area contributed by atoms with Crippen LogP contribution in [0.4, 0.5) is 0 Å². The normalized spacial score (nSPS) is 21.8. The molecular formula is C25H41Cl2NiP. The fraction of sp³-hybridized carbons (Fsp3) is 0.760. The molecule has 0 N–H and O–H groups in total. The van der Waals surface area contributed by atoms with Crippen molar-refractivity contribution in [2.24, 2.45) is 0 Å². The van der Waals surface area contributed by atoms with E-state index in [2.05, 4.69) is 19.1 Å². The van der Waals surface area contributed by atoms with Gasteiger partial charge in [0.2, 0.25) is 0 Å². The maximum absolute atomic E-state index is 4.70. The second-order valence-electron chi connectivity index (χ2n) is 9.02. The van der Waals surface area contributed by atoms with Crippen LogP contribution >= 0.6 is 28.3 Å². The van der Waals surface area contributed by atoms with Gasteiger partial charge < -0.3 is 0 Å². The van der Waals surface area contributed by atoms with Crippen molar-refractivity contribution >= 4 is 28.3 Å². The SMILES string of the molecule is C1CCC(P(C2CCCCC2)C2CCCCC2)CC1.Cc1ccccc1.[Cl][Ni][Cl]. The van der Waals surface area contributed by atoms with Crippen LogP contribution in [0.25, 0.3) is 0 Å². The van der Waals surface area contributed by atoms with Crippen LogP contribution in [-0.4, -0.2) is 17.0 Å². The zero-order valence-electron chi connectivity index (χ0n) is 18.2. The van der Waals surface area contributed by atoms with Gasteiger partial charge in [-0.1, -0.05) is 102 Å². The first-order chi connectivity index (χ1) is 14.3. The molecule has 1 aromatic rings. The first-order valence-electron chi connectivity index (χ1n) is 11.9. The molecule has 170 valence electrons. The monoisotopic (exact) mass is 500 g/mol. The average Bonchev–Trinajstić information content (AvgIpc) is 2.78. The van der Waals surface area contributed by atoms with Gasteiger partial charge >= 0.3 is 33.0 Å². The quantitative estimate of drug-likeness (QED) is 0.285. The van der Waals surface area contributed by atoms with Gasteiger partial charge in [0, 0.05) is 0 Å². The minimum absolute atomic E-state index is 0.385. The number of halogens is 2. The Balaban J connectivity index is 0.000000250. The molecule has 0 unspecified atom stereocenters. The summed E-state index contributed by atoms with van der Waals surface area (Å²) in [6.07, 6.45) is 23.6. The van der Waals surface area contributed by atoms with Crippen molar-refractivity contribution in [3.05, 3.63) is 35.9 Å². The Morgan fingerprint density at radius 2 is 0.931 bits per heavy atom. The number of hydrogen-bond donors (Lipinski definition) is 0. The van der Waals surface area contributed by atoms with Crippen molar-refractivity contribution in [1.82, 2.24) is 0 Å². The standard InChI is InChI=1S/C18H33P.C7H8.2ClH.Ni/c1-4-10-16(11-5-1)19(17-12-6-2-7-13-17)18-14-8-3-9-15-18;1-7-5-3-2-4-6-7;;;/h16-18H,1-15H2;2-6H,1H3;2*1H;/q;;;;+2/p-2. The number of rotatable bonds is 3. The molecule has 0 bridgehead atoms. The molecule has 0 aromatic heterocycles. The van der Waals surface area contributed by atoms with Gasteiger partial charge in [-0.2, -0.15) is 0 Å². The predicted octanol–water partition coefficient (Wildman–Crippen LogP) is 9.84. The van der Waals surface area contributed by atoms with E-state index in [1.165, 1.54) is 41.8 Å². The van der Waals surface area contributed by atoms with Gasteiger partial charge in [0.15, 0.2) is 0 Å². The van der Waals surface area contributed by atoms with Crippen LogP contribution in [0.15, 0.2) is 30.3 Å². The Kier molecular flexibility index (Phi) is 14.7. The van der Waals surface area contributed by atoms with Crippen LogP contribution in [0.2, 0.25) is 0 Å². The molecule has 0 atom stereocenters. The first-order valence-corrected chi connectivity index (χ1v) is 16.1. The van der Waals surface area contributed by atoms with E-state index < -0.39 is 0 Å². The number of aryl methyl sites for hydroxylation is 1. The third-order valence-electron chi connectivity index (χ3n) is 6.93. The summed E-state index contributed by atoms with van der Waals surface area (Å²) < 4.78 is 0. The second kappa shape index (κ2) is 16.4. The summed E-state index contributed by atoms with van der Waals surface area (Å²) in [5, 5.41) is 0. The van der Waals surface area contributed by atoms with E-state index in [-0.39, 0.29) is 0 Å². The summed E-state index contributed by atoms with van der Waals surface area (Å²) in [4.78, 5) is 0. The van der Waals surface area contributed by atoms with Crippen molar-refractivity contribution in [3.63, 3.8) is 0 Å². The molecule has 4 heteroatoms. The molecule has 3 aliphatic rings. The molecule has 3 saturated carbocycles. The first kappa shape index (κ1) is 26.0. The summed E-state index contributed by atoms with van der Waals surface area (Å²) >= 11 is 0.569. The molecule has 0 spiro atoms. The fourth-order valence-electron chi connectivity index (χ4n) is 5.57. The van der Waals surface area contributed by atoms with Crippen molar-refractivity contribution in [2.75, 3.05) is 0 Å². The van der Waals surface area contributed by atoms with Crippen LogP contribution < -0.4 is 0 Å². The number of hydrogen-bond acceptors (Lipinski definition) is 0. The Bertz CT molecular complexity index is 452. The van der Waals surface area contributed by atoms with Gasteiger partial charge in [0.05, 0.1) is 0 Å². The van der Waals surface area contributed by atoms with Crippen LogP contribution in [0.1, 0.15) is 102 Å². The number of benzene rings is 1. The zero-order chi connectivity index (χ0) is 20.7. The summed E-state index contributed by atoms with van der Waals surface area (Å²) in [6.45, 7) is 2.08. The van der Waals surface area contributed by atoms with Crippen LogP contribution in [-0.2, 0) is 12.7 Å². The summed E-state index contributed by atoms with van der Waals surface area (Å²) in [6, 6.07) is 10.3. The molecule has 0 amide bonds. The van der Waals surface area contributed by atoms with E-state index in [1.54, 1.807) is 77.0 Å². The molecular weight excluding hydrogens is 461 g/mol. The predicted molar refractivity (Wildman–Crippen MR) is 130 cm³/mol. The van der Waals surface area contributed by atoms with Crippen LogP contribution in [0.5, 0.6) is 0 Å². The Labute approximate surface area is 196 Å². The van der Waals surface area contributed by atoms with Gasteiger partial charge in [0.1, 0.15) is 0 Å². The topological polar surface area (TPSA) is 0 Å². The third-order valence-corrected chi connectivity index (χ3v) is 11.0. The Morgan fingerprint density at radius 1 is 0.621 bits per heavy atom.